The second-order valence-corrected chi connectivity index (χ2v) is 11.8. The van der Waals surface area contributed by atoms with Gasteiger partial charge in [-0.2, -0.15) is 0 Å². The average Bonchev–Trinajstić information content (AvgIpc) is 2.72. The predicted octanol–water partition coefficient (Wildman–Crippen LogP) is 5.08. The number of hydrogen-bond donors (Lipinski definition) is 1. The van der Waals surface area contributed by atoms with E-state index in [1.165, 1.54) is 31.4 Å². The molecule has 0 amide bonds. The topological polar surface area (TPSA) is 110 Å². The summed E-state index contributed by atoms with van der Waals surface area (Å²) in [5.74, 6) is 1.93. The highest BCUT2D eigenvalue weighted by atomic mass is 35.5. The molecular weight excluding hydrogens is 483 g/mol. The summed E-state index contributed by atoms with van der Waals surface area (Å²) in [7, 11) is 0. The van der Waals surface area contributed by atoms with Crippen LogP contribution in [-0.4, -0.2) is 58.9 Å². The van der Waals surface area contributed by atoms with Crippen molar-refractivity contribution in [3.05, 3.63) is 47.1 Å². The first kappa shape index (κ1) is 36.5. The van der Waals surface area contributed by atoms with Gasteiger partial charge in [-0.15, -0.1) is 11.6 Å². The van der Waals surface area contributed by atoms with Crippen LogP contribution in [0, 0.1) is 23.2 Å². The summed E-state index contributed by atoms with van der Waals surface area (Å²) in [5, 5.41) is 4.94. The molecule has 3 aliphatic rings. The standard InChI is InChI=1S/C27H42Cl2N2.CH4.3H2O/c1-20(2)26(30-16-5-6-21-7-11-23(28)12-8-21)18-31-17-15-25(27(3,4)19-31)22-9-13-24(29)14-10-22;;;;/h7,9-13,20-21,24-26,30H,5-6,8,14-19H2,1-4H3;1H4;3*1H2/t21?,24?,25-,26+;;;;/m1..../s1. The Morgan fingerprint density at radius 1 is 1.09 bits per heavy atom. The van der Waals surface area contributed by atoms with Gasteiger partial charge >= 0.3 is 0 Å². The minimum absolute atomic E-state index is 0. The fourth-order valence-corrected chi connectivity index (χ4v) is 5.73. The van der Waals surface area contributed by atoms with Gasteiger partial charge in [0, 0.05) is 24.2 Å². The lowest BCUT2D eigenvalue weighted by molar-refractivity contribution is 0.0632. The van der Waals surface area contributed by atoms with Crippen molar-refractivity contribution in [2.45, 2.75) is 78.6 Å². The second-order valence-electron chi connectivity index (χ2n) is 10.8. The van der Waals surface area contributed by atoms with Crippen LogP contribution >= 0.6 is 23.2 Å². The van der Waals surface area contributed by atoms with Gasteiger partial charge in [-0.1, -0.05) is 77.1 Å². The maximum atomic E-state index is 6.25. The van der Waals surface area contributed by atoms with Crippen molar-refractivity contribution in [1.29, 1.82) is 0 Å². The summed E-state index contributed by atoms with van der Waals surface area (Å²) in [6, 6.07) is 0.550. The smallest absolute Gasteiger partial charge is 0.0553 e. The van der Waals surface area contributed by atoms with E-state index in [9.17, 15) is 0 Å². The Bertz CT molecular complexity index is 719. The molecule has 0 aromatic rings. The van der Waals surface area contributed by atoms with Crippen LogP contribution in [0.1, 0.15) is 67.2 Å². The number of likely N-dealkylation sites (tertiary alicyclic amines) is 1. The SMILES string of the molecule is C.CC(C)[C@H](CN1CC[C@H](C2=CCC(Cl)C=C2)C(C)(C)C1)NCCCC1C=CC(Cl)=CC1.O.O.O. The number of allylic oxidation sites excluding steroid dienone is 8. The lowest BCUT2D eigenvalue weighted by atomic mass is 9.69. The Hall–Kier alpha value is -0.660. The van der Waals surface area contributed by atoms with Crippen molar-refractivity contribution in [2.75, 3.05) is 26.2 Å². The highest BCUT2D eigenvalue weighted by Gasteiger charge is 2.38. The molecule has 35 heavy (non-hydrogen) atoms. The Balaban J connectivity index is 0. The molecule has 3 rings (SSSR count). The maximum Gasteiger partial charge on any atom is 0.0553 e. The van der Waals surface area contributed by atoms with Crippen molar-refractivity contribution in [3.8, 4) is 0 Å². The molecule has 7 heteroatoms. The number of halogens is 2. The molecule has 0 aromatic carbocycles. The van der Waals surface area contributed by atoms with E-state index in [0.29, 0.717) is 23.8 Å². The van der Waals surface area contributed by atoms with Crippen LogP contribution in [0.5, 0.6) is 0 Å². The van der Waals surface area contributed by atoms with E-state index in [-0.39, 0.29) is 34.6 Å². The highest BCUT2D eigenvalue weighted by molar-refractivity contribution is 6.31. The van der Waals surface area contributed by atoms with Gasteiger partial charge in [-0.3, -0.25) is 0 Å². The van der Waals surface area contributed by atoms with Crippen LogP contribution in [0.2, 0.25) is 0 Å². The van der Waals surface area contributed by atoms with Gasteiger partial charge < -0.3 is 26.6 Å². The molecular formula is C28H52Cl2N2O3. The third kappa shape index (κ3) is 11.1. The molecule has 1 fully saturated rings. The predicted molar refractivity (Wildman–Crippen MR) is 154 cm³/mol. The van der Waals surface area contributed by atoms with Gasteiger partial charge in [0.05, 0.1) is 5.38 Å². The first-order chi connectivity index (χ1) is 14.7. The van der Waals surface area contributed by atoms with E-state index in [1.54, 1.807) is 0 Å². The molecule has 0 bridgehead atoms. The first-order valence-electron chi connectivity index (χ1n) is 12.3. The summed E-state index contributed by atoms with van der Waals surface area (Å²) < 4.78 is 0. The molecule has 1 heterocycles. The van der Waals surface area contributed by atoms with Gasteiger partial charge in [0.1, 0.15) is 0 Å². The quantitative estimate of drug-likeness (QED) is 0.328. The molecule has 7 N–H and O–H groups in total. The molecule has 206 valence electrons. The number of piperidine rings is 1. The van der Waals surface area contributed by atoms with Crippen molar-refractivity contribution in [1.82, 2.24) is 10.2 Å². The van der Waals surface area contributed by atoms with E-state index in [4.69, 9.17) is 23.2 Å². The van der Waals surface area contributed by atoms with Crippen molar-refractivity contribution < 1.29 is 16.4 Å². The molecule has 4 atom stereocenters. The lowest BCUT2D eigenvalue weighted by Crippen LogP contribution is -2.52. The zero-order valence-corrected chi connectivity index (χ0v) is 22.9. The summed E-state index contributed by atoms with van der Waals surface area (Å²) in [6.07, 6.45) is 19.1. The van der Waals surface area contributed by atoms with Gasteiger partial charge in [0.25, 0.3) is 0 Å². The minimum atomic E-state index is 0. The normalized spacial score (nSPS) is 26.3. The Morgan fingerprint density at radius 2 is 1.80 bits per heavy atom. The van der Waals surface area contributed by atoms with Gasteiger partial charge in [-0.25, -0.2) is 0 Å². The van der Waals surface area contributed by atoms with E-state index in [0.717, 1.165) is 37.5 Å². The molecule has 5 nitrogen and oxygen atoms in total. The van der Waals surface area contributed by atoms with Crippen LogP contribution in [0.25, 0.3) is 0 Å². The van der Waals surface area contributed by atoms with Gasteiger partial charge in [0.15, 0.2) is 0 Å². The number of alkyl halides is 1. The molecule has 0 aromatic heterocycles. The minimum Gasteiger partial charge on any atom is -0.412 e. The van der Waals surface area contributed by atoms with Crippen molar-refractivity contribution >= 4 is 23.2 Å². The van der Waals surface area contributed by atoms with E-state index in [1.807, 2.05) is 0 Å². The van der Waals surface area contributed by atoms with E-state index >= 15 is 0 Å². The third-order valence-electron chi connectivity index (χ3n) is 7.35. The van der Waals surface area contributed by atoms with Crippen LogP contribution in [-0.2, 0) is 0 Å². The largest absolute Gasteiger partial charge is 0.412 e. The molecule has 1 saturated heterocycles. The molecule has 0 spiro atoms. The van der Waals surface area contributed by atoms with Gasteiger partial charge in [-0.05, 0) is 80.0 Å². The molecule has 0 radical (unpaired) electrons. The maximum absolute atomic E-state index is 6.25. The fourth-order valence-electron chi connectivity index (χ4n) is 5.40. The Labute approximate surface area is 224 Å². The highest BCUT2D eigenvalue weighted by Crippen LogP contribution is 2.41. The number of hydrogen-bond acceptors (Lipinski definition) is 2. The van der Waals surface area contributed by atoms with Crippen LogP contribution < -0.4 is 5.32 Å². The number of nitrogens with zero attached hydrogens (tertiary/aromatic N) is 1. The zero-order chi connectivity index (χ0) is 22.4. The van der Waals surface area contributed by atoms with E-state index in [2.05, 4.69) is 74.4 Å². The van der Waals surface area contributed by atoms with Gasteiger partial charge in [0.2, 0.25) is 0 Å². The lowest BCUT2D eigenvalue weighted by Gasteiger charge is -2.46. The monoisotopic (exact) mass is 534 g/mol. The average molecular weight is 536 g/mol. The Morgan fingerprint density at radius 3 is 2.34 bits per heavy atom. The van der Waals surface area contributed by atoms with E-state index < -0.39 is 0 Å². The summed E-state index contributed by atoms with van der Waals surface area (Å²) in [4.78, 5) is 2.70. The molecule has 2 unspecified atom stereocenters. The van der Waals surface area contributed by atoms with Crippen LogP contribution in [0.15, 0.2) is 47.1 Å². The number of rotatable bonds is 9. The zero-order valence-electron chi connectivity index (χ0n) is 21.4. The molecule has 1 aliphatic heterocycles. The third-order valence-corrected chi connectivity index (χ3v) is 7.95. The first-order valence-corrected chi connectivity index (χ1v) is 13.1. The number of nitrogens with one attached hydrogen (secondary N) is 1. The fraction of sp³-hybridized carbons (Fsp3) is 0.714. The molecule has 0 saturated carbocycles. The second kappa shape index (κ2) is 17.0. The Kier molecular flexibility index (Phi) is 17.7. The summed E-state index contributed by atoms with van der Waals surface area (Å²) in [5.41, 5.74) is 1.80. The van der Waals surface area contributed by atoms with Crippen molar-refractivity contribution in [2.24, 2.45) is 23.2 Å². The summed E-state index contributed by atoms with van der Waals surface area (Å²) >= 11 is 12.3. The summed E-state index contributed by atoms with van der Waals surface area (Å²) in [6.45, 7) is 14.2. The molecule has 2 aliphatic carbocycles. The van der Waals surface area contributed by atoms with Crippen LogP contribution in [0.3, 0.4) is 0 Å². The van der Waals surface area contributed by atoms with Crippen LogP contribution in [0.4, 0.5) is 0 Å². The van der Waals surface area contributed by atoms with Crippen molar-refractivity contribution in [3.63, 3.8) is 0 Å².